The predicted octanol–water partition coefficient (Wildman–Crippen LogP) is 2.37. The third-order valence-electron chi connectivity index (χ3n) is 4.14. The number of likely N-dealkylation sites (tertiary alicyclic amines) is 1. The van der Waals surface area contributed by atoms with Crippen molar-refractivity contribution in [2.75, 3.05) is 33.3 Å². The van der Waals surface area contributed by atoms with Crippen LogP contribution in [-0.2, 0) is 4.74 Å². The molecule has 3 nitrogen and oxygen atoms in total. The van der Waals surface area contributed by atoms with Gasteiger partial charge in [0.05, 0.1) is 6.10 Å². The highest BCUT2D eigenvalue weighted by Gasteiger charge is 2.29. The lowest BCUT2D eigenvalue weighted by molar-refractivity contribution is -0.0194. The monoisotopic (exact) mass is 256 g/mol. The van der Waals surface area contributed by atoms with Gasteiger partial charge in [0.15, 0.2) is 0 Å². The van der Waals surface area contributed by atoms with Crippen molar-refractivity contribution < 1.29 is 4.74 Å². The van der Waals surface area contributed by atoms with E-state index in [4.69, 9.17) is 4.74 Å². The van der Waals surface area contributed by atoms with Gasteiger partial charge in [-0.1, -0.05) is 27.7 Å². The van der Waals surface area contributed by atoms with E-state index >= 15 is 0 Å². The Kier molecular flexibility index (Phi) is 7.20. The van der Waals surface area contributed by atoms with Crippen LogP contribution in [0.15, 0.2) is 0 Å². The molecule has 0 bridgehead atoms. The fourth-order valence-electron chi connectivity index (χ4n) is 2.77. The molecule has 1 N–H and O–H groups in total. The van der Waals surface area contributed by atoms with Crippen LogP contribution in [0, 0.1) is 11.8 Å². The lowest BCUT2D eigenvalue weighted by Crippen LogP contribution is -2.51. The van der Waals surface area contributed by atoms with Crippen LogP contribution in [0.25, 0.3) is 0 Å². The van der Waals surface area contributed by atoms with E-state index in [2.05, 4.69) is 37.9 Å². The normalized spacial score (nSPS) is 27.7. The van der Waals surface area contributed by atoms with Gasteiger partial charge >= 0.3 is 0 Å². The molecule has 0 spiro atoms. The van der Waals surface area contributed by atoms with Gasteiger partial charge in [0.25, 0.3) is 0 Å². The van der Waals surface area contributed by atoms with Crippen molar-refractivity contribution in [1.29, 1.82) is 0 Å². The molecule has 1 fully saturated rings. The number of piperidine rings is 1. The summed E-state index contributed by atoms with van der Waals surface area (Å²) in [5.41, 5.74) is 0. The highest BCUT2D eigenvalue weighted by atomic mass is 16.5. The summed E-state index contributed by atoms with van der Waals surface area (Å²) in [7, 11) is 1.85. The first-order valence-corrected chi connectivity index (χ1v) is 7.56. The van der Waals surface area contributed by atoms with Crippen molar-refractivity contribution in [3.63, 3.8) is 0 Å². The Balaban J connectivity index is 2.39. The van der Waals surface area contributed by atoms with Gasteiger partial charge < -0.3 is 10.1 Å². The molecule has 0 aromatic rings. The Labute approximate surface area is 113 Å². The summed E-state index contributed by atoms with van der Waals surface area (Å²) in [5, 5.41) is 3.59. The third-order valence-corrected chi connectivity index (χ3v) is 4.14. The van der Waals surface area contributed by atoms with Crippen molar-refractivity contribution in [3.05, 3.63) is 0 Å². The standard InChI is InChI=1S/C15H32N2O/c1-6-14(10-16-9-12(2)3)17-8-7-13(4)15(11-17)18-5/h12-16H,6-11H2,1-5H3. The second-order valence-corrected chi connectivity index (χ2v) is 6.15. The highest BCUT2D eigenvalue weighted by Crippen LogP contribution is 2.21. The smallest absolute Gasteiger partial charge is 0.0724 e. The predicted molar refractivity (Wildman–Crippen MR) is 77.9 cm³/mol. The maximum absolute atomic E-state index is 5.61. The number of ether oxygens (including phenoxy) is 1. The van der Waals surface area contributed by atoms with Crippen LogP contribution in [0.2, 0.25) is 0 Å². The van der Waals surface area contributed by atoms with E-state index in [1.54, 1.807) is 0 Å². The Bertz CT molecular complexity index is 221. The number of nitrogens with one attached hydrogen (secondary N) is 1. The molecule has 0 aliphatic carbocycles. The summed E-state index contributed by atoms with van der Waals surface area (Å²) in [5.74, 6) is 1.43. The van der Waals surface area contributed by atoms with Gasteiger partial charge in [0, 0.05) is 26.2 Å². The molecule has 0 amide bonds. The molecule has 1 saturated heterocycles. The summed E-state index contributed by atoms with van der Waals surface area (Å²) < 4.78 is 5.61. The van der Waals surface area contributed by atoms with Crippen LogP contribution in [0.4, 0.5) is 0 Å². The average molecular weight is 256 g/mol. The Hall–Kier alpha value is -0.120. The van der Waals surface area contributed by atoms with Crippen LogP contribution in [0.5, 0.6) is 0 Å². The fourth-order valence-corrected chi connectivity index (χ4v) is 2.77. The molecule has 0 aromatic heterocycles. The second kappa shape index (κ2) is 8.13. The summed E-state index contributed by atoms with van der Waals surface area (Å²) in [4.78, 5) is 2.61. The highest BCUT2D eigenvalue weighted by molar-refractivity contribution is 4.83. The zero-order valence-electron chi connectivity index (χ0n) is 12.9. The number of nitrogens with zero attached hydrogens (tertiary/aromatic N) is 1. The minimum Gasteiger partial charge on any atom is -0.380 e. The van der Waals surface area contributed by atoms with Gasteiger partial charge in [-0.15, -0.1) is 0 Å². The van der Waals surface area contributed by atoms with Gasteiger partial charge in [-0.2, -0.15) is 0 Å². The van der Waals surface area contributed by atoms with Gasteiger partial charge in [-0.25, -0.2) is 0 Å². The molecule has 1 heterocycles. The molecule has 18 heavy (non-hydrogen) atoms. The first kappa shape index (κ1) is 15.9. The first-order valence-electron chi connectivity index (χ1n) is 7.56. The number of hydrogen-bond acceptors (Lipinski definition) is 3. The van der Waals surface area contributed by atoms with Crippen molar-refractivity contribution in [3.8, 4) is 0 Å². The van der Waals surface area contributed by atoms with Crippen LogP contribution in [0.3, 0.4) is 0 Å². The summed E-state index contributed by atoms with van der Waals surface area (Å²) in [6, 6.07) is 0.661. The van der Waals surface area contributed by atoms with E-state index in [0.29, 0.717) is 18.1 Å². The van der Waals surface area contributed by atoms with Gasteiger partial charge in [-0.3, -0.25) is 4.90 Å². The van der Waals surface area contributed by atoms with Gasteiger partial charge in [-0.05, 0) is 37.8 Å². The van der Waals surface area contributed by atoms with Crippen LogP contribution >= 0.6 is 0 Å². The second-order valence-electron chi connectivity index (χ2n) is 6.15. The first-order chi connectivity index (χ1) is 8.58. The van der Waals surface area contributed by atoms with Gasteiger partial charge in [0.2, 0.25) is 0 Å². The molecule has 108 valence electrons. The molecule has 0 saturated carbocycles. The SMILES string of the molecule is CCC(CNCC(C)C)N1CCC(C)C(OC)C1. The quantitative estimate of drug-likeness (QED) is 0.757. The molecule has 0 radical (unpaired) electrons. The topological polar surface area (TPSA) is 24.5 Å². The molecule has 1 rings (SSSR count). The minimum atomic E-state index is 0.415. The van der Waals surface area contributed by atoms with Crippen LogP contribution in [0.1, 0.15) is 40.5 Å². The van der Waals surface area contributed by atoms with E-state index in [1.165, 1.54) is 19.4 Å². The van der Waals surface area contributed by atoms with Crippen molar-refractivity contribution in [2.45, 2.75) is 52.7 Å². The molecular formula is C15H32N2O. The maximum atomic E-state index is 5.61. The average Bonchev–Trinajstić information content (AvgIpc) is 2.35. The molecule has 3 heteroatoms. The molecule has 3 atom stereocenters. The van der Waals surface area contributed by atoms with E-state index in [-0.39, 0.29) is 0 Å². The molecule has 1 aliphatic rings. The Morgan fingerprint density at radius 2 is 2.06 bits per heavy atom. The lowest BCUT2D eigenvalue weighted by Gasteiger charge is -2.40. The Morgan fingerprint density at radius 3 is 2.61 bits per heavy atom. The largest absolute Gasteiger partial charge is 0.380 e. The Morgan fingerprint density at radius 1 is 1.33 bits per heavy atom. The third kappa shape index (κ3) is 4.87. The summed E-state index contributed by atoms with van der Waals surface area (Å²) >= 11 is 0. The zero-order chi connectivity index (χ0) is 13.5. The lowest BCUT2D eigenvalue weighted by atomic mass is 9.94. The van der Waals surface area contributed by atoms with E-state index < -0.39 is 0 Å². The summed E-state index contributed by atoms with van der Waals surface area (Å²) in [6.45, 7) is 13.7. The fraction of sp³-hybridized carbons (Fsp3) is 1.00. The zero-order valence-corrected chi connectivity index (χ0v) is 12.9. The van der Waals surface area contributed by atoms with E-state index in [9.17, 15) is 0 Å². The van der Waals surface area contributed by atoms with Crippen molar-refractivity contribution >= 4 is 0 Å². The molecule has 3 unspecified atom stereocenters. The summed E-state index contributed by atoms with van der Waals surface area (Å²) in [6.07, 6.45) is 2.90. The minimum absolute atomic E-state index is 0.415. The van der Waals surface area contributed by atoms with Gasteiger partial charge in [0.1, 0.15) is 0 Å². The molecule has 0 aromatic carbocycles. The van der Waals surface area contributed by atoms with Crippen molar-refractivity contribution in [1.82, 2.24) is 10.2 Å². The van der Waals surface area contributed by atoms with Crippen LogP contribution in [-0.4, -0.2) is 50.3 Å². The van der Waals surface area contributed by atoms with E-state index in [0.717, 1.165) is 25.6 Å². The van der Waals surface area contributed by atoms with Crippen LogP contribution < -0.4 is 5.32 Å². The number of rotatable bonds is 7. The maximum Gasteiger partial charge on any atom is 0.0724 e. The molecule has 1 aliphatic heterocycles. The van der Waals surface area contributed by atoms with Crippen molar-refractivity contribution in [2.24, 2.45) is 11.8 Å². The number of methoxy groups -OCH3 is 1. The number of hydrogen-bond donors (Lipinski definition) is 1. The van der Waals surface area contributed by atoms with E-state index in [1.807, 2.05) is 7.11 Å². The molecular weight excluding hydrogens is 224 g/mol.